The molecule has 1 aliphatic carbocycles. The maximum atomic E-state index is 14.4. The van der Waals surface area contributed by atoms with Crippen LogP contribution in [-0.2, 0) is 20.4 Å². The minimum Gasteiger partial charge on any atom is -0.394 e. The predicted molar refractivity (Wildman–Crippen MR) is 144 cm³/mol. The summed E-state index contributed by atoms with van der Waals surface area (Å²) < 4.78 is 94.7. The summed E-state index contributed by atoms with van der Waals surface area (Å²) in [7, 11) is 1.18. The lowest BCUT2D eigenvalue weighted by Gasteiger charge is -2.46. The molecule has 0 bridgehead atoms. The summed E-state index contributed by atoms with van der Waals surface area (Å²) in [5.41, 5.74) is -1.52. The molecule has 0 spiro atoms. The first-order chi connectivity index (χ1) is 21.3. The van der Waals surface area contributed by atoms with Crippen LogP contribution >= 0.6 is 0 Å². The third-order valence-electron chi connectivity index (χ3n) is 8.19. The molecule has 244 valence electrons. The van der Waals surface area contributed by atoms with Crippen molar-refractivity contribution in [2.45, 2.75) is 74.5 Å². The zero-order valence-electron chi connectivity index (χ0n) is 23.7. The number of halogens is 6. The minimum atomic E-state index is -4.73. The lowest BCUT2D eigenvalue weighted by atomic mass is 9.88. The Morgan fingerprint density at radius 3 is 2.42 bits per heavy atom. The number of aliphatic hydroxyl groups excluding tert-OH is 3. The number of carbonyl (C=O) groups is 1. The molecular weight excluding hydrogens is 614 g/mol. The molecule has 10 nitrogen and oxygen atoms in total. The van der Waals surface area contributed by atoms with Gasteiger partial charge in [-0.3, -0.25) is 4.79 Å². The van der Waals surface area contributed by atoms with Gasteiger partial charge in [-0.2, -0.15) is 13.2 Å². The molecule has 3 N–H and O–H groups in total. The molecule has 1 saturated heterocycles. The molecule has 1 saturated carbocycles. The van der Waals surface area contributed by atoms with E-state index < -0.39 is 84.3 Å². The van der Waals surface area contributed by atoms with Crippen molar-refractivity contribution in [2.75, 3.05) is 18.6 Å². The van der Waals surface area contributed by atoms with Crippen molar-refractivity contribution in [1.29, 1.82) is 0 Å². The van der Waals surface area contributed by atoms with Gasteiger partial charge in [0.1, 0.15) is 30.0 Å². The fraction of sp³-hybridized carbons (Fsp3) is 0.483. The monoisotopic (exact) mass is 644 g/mol. The first-order valence-electron chi connectivity index (χ1n) is 14.1. The van der Waals surface area contributed by atoms with Crippen LogP contribution in [0.5, 0.6) is 0 Å². The van der Waals surface area contributed by atoms with E-state index in [4.69, 9.17) is 9.47 Å². The van der Waals surface area contributed by atoms with E-state index in [1.807, 2.05) is 0 Å². The number of carbonyl (C=O) groups excluding carboxylic acids is 1. The maximum absolute atomic E-state index is 14.4. The Bertz CT molecular complexity index is 1500. The fourth-order valence-electron chi connectivity index (χ4n) is 5.96. The van der Waals surface area contributed by atoms with Gasteiger partial charge >= 0.3 is 6.18 Å². The smallest absolute Gasteiger partial charge is 0.394 e. The molecule has 1 amide bonds. The van der Waals surface area contributed by atoms with E-state index in [9.17, 15) is 46.5 Å². The van der Waals surface area contributed by atoms with Crippen molar-refractivity contribution >= 4 is 11.6 Å². The molecule has 0 unspecified atom stereocenters. The van der Waals surface area contributed by atoms with Crippen molar-refractivity contribution in [3.05, 3.63) is 65.6 Å². The Balaban J connectivity index is 1.55. The standard InChI is InChI=1S/C29H30F6N4O6/c1-44-26-24(38-12-19(36-37-38)14-9-17(30)23(32)18(31)10-14)25(42)22(13-40)45-27(26)28(43)39(20-7-2-3-8-21(20)41)16-6-4-5-15(11-16)29(33,34)35/h4-6,9-12,20-22,24-27,40-42H,2-3,7-8,13H2,1H3/t20-,21-,22+,24-,25-,26+,27+/m0/s1. The zero-order chi connectivity index (χ0) is 32.6. The number of rotatable bonds is 7. The van der Waals surface area contributed by atoms with E-state index in [1.54, 1.807) is 0 Å². The van der Waals surface area contributed by atoms with E-state index in [-0.39, 0.29) is 23.4 Å². The molecule has 2 aliphatic rings. The lowest BCUT2D eigenvalue weighted by Crippen LogP contribution is -2.63. The van der Waals surface area contributed by atoms with Crippen LogP contribution in [0.25, 0.3) is 11.3 Å². The first kappa shape index (κ1) is 32.8. The summed E-state index contributed by atoms with van der Waals surface area (Å²) in [5, 5.41) is 39.8. The van der Waals surface area contributed by atoms with Crippen LogP contribution in [0.4, 0.5) is 32.0 Å². The Hall–Kier alpha value is -3.57. The van der Waals surface area contributed by atoms with Crippen LogP contribution < -0.4 is 4.90 Å². The van der Waals surface area contributed by atoms with Crippen molar-refractivity contribution < 1.29 is 55.9 Å². The van der Waals surface area contributed by atoms with Gasteiger partial charge in [0.05, 0.1) is 30.5 Å². The summed E-state index contributed by atoms with van der Waals surface area (Å²) in [6, 6.07) is 3.15. The molecule has 16 heteroatoms. The van der Waals surface area contributed by atoms with E-state index in [1.165, 1.54) is 13.2 Å². The third-order valence-corrected chi connectivity index (χ3v) is 8.19. The molecule has 5 rings (SSSR count). The number of ether oxygens (including phenoxy) is 2. The zero-order valence-corrected chi connectivity index (χ0v) is 23.7. The predicted octanol–water partition coefficient (Wildman–Crippen LogP) is 3.39. The molecule has 2 aromatic carbocycles. The minimum absolute atomic E-state index is 0.138. The summed E-state index contributed by atoms with van der Waals surface area (Å²) in [5.74, 6) is -5.56. The molecule has 45 heavy (non-hydrogen) atoms. The number of aromatic nitrogens is 3. The van der Waals surface area contributed by atoms with Crippen LogP contribution in [0.3, 0.4) is 0 Å². The van der Waals surface area contributed by atoms with Gasteiger partial charge in [-0.15, -0.1) is 5.10 Å². The largest absolute Gasteiger partial charge is 0.416 e. The normalized spacial score (nSPS) is 27.4. The number of alkyl halides is 3. The van der Waals surface area contributed by atoms with Gasteiger partial charge in [0.2, 0.25) is 0 Å². The summed E-state index contributed by atoms with van der Waals surface area (Å²) >= 11 is 0. The van der Waals surface area contributed by atoms with Crippen LogP contribution in [-0.4, -0.2) is 86.5 Å². The van der Waals surface area contributed by atoms with Gasteiger partial charge in [0, 0.05) is 18.4 Å². The molecule has 3 aromatic rings. The Morgan fingerprint density at radius 2 is 1.80 bits per heavy atom. The highest BCUT2D eigenvalue weighted by atomic mass is 19.4. The van der Waals surface area contributed by atoms with Crippen molar-refractivity contribution in [3.8, 4) is 11.3 Å². The van der Waals surface area contributed by atoms with Crippen molar-refractivity contribution in [3.63, 3.8) is 0 Å². The fourth-order valence-corrected chi connectivity index (χ4v) is 5.96. The van der Waals surface area contributed by atoms with Crippen LogP contribution in [0.15, 0.2) is 42.6 Å². The molecule has 0 radical (unpaired) electrons. The van der Waals surface area contributed by atoms with Gasteiger partial charge in [0.25, 0.3) is 5.91 Å². The number of methoxy groups -OCH3 is 1. The topological polar surface area (TPSA) is 130 Å². The number of anilines is 1. The van der Waals surface area contributed by atoms with Gasteiger partial charge in [-0.1, -0.05) is 24.1 Å². The second kappa shape index (κ2) is 13.0. The lowest BCUT2D eigenvalue weighted by molar-refractivity contribution is -0.211. The number of aliphatic hydroxyl groups is 3. The first-order valence-corrected chi connectivity index (χ1v) is 14.1. The van der Waals surface area contributed by atoms with Gasteiger partial charge in [-0.25, -0.2) is 17.9 Å². The van der Waals surface area contributed by atoms with Crippen LogP contribution in [0.1, 0.15) is 37.3 Å². The van der Waals surface area contributed by atoms with Crippen LogP contribution in [0, 0.1) is 17.5 Å². The molecule has 7 atom stereocenters. The molecule has 2 fully saturated rings. The van der Waals surface area contributed by atoms with Gasteiger partial charge < -0.3 is 29.7 Å². The molecule has 2 heterocycles. The Morgan fingerprint density at radius 1 is 1.11 bits per heavy atom. The highest BCUT2D eigenvalue weighted by Crippen LogP contribution is 2.38. The third kappa shape index (κ3) is 6.42. The van der Waals surface area contributed by atoms with E-state index in [0.29, 0.717) is 31.4 Å². The molecule has 1 aliphatic heterocycles. The SMILES string of the molecule is CO[C@@H]1[C@@H](n2cc(-c3cc(F)c(F)c(F)c3)nn2)[C@@H](O)[C@@H](CO)O[C@H]1C(=O)N(c1cccc(C(F)(F)F)c1)[C@H]1CCCC[C@@H]1O. The average Bonchev–Trinajstić information content (AvgIpc) is 3.50. The second-order valence-corrected chi connectivity index (χ2v) is 11.0. The summed E-state index contributed by atoms with van der Waals surface area (Å²) in [6.07, 6.45) is -8.96. The van der Waals surface area contributed by atoms with E-state index in [0.717, 1.165) is 34.0 Å². The molecule has 1 aromatic heterocycles. The quantitative estimate of drug-likeness (QED) is 0.264. The average molecular weight is 645 g/mol. The van der Waals surface area contributed by atoms with Gasteiger partial charge in [-0.05, 0) is 43.2 Å². The summed E-state index contributed by atoms with van der Waals surface area (Å²) in [4.78, 5) is 15.4. The highest BCUT2D eigenvalue weighted by Gasteiger charge is 2.52. The number of benzene rings is 2. The van der Waals surface area contributed by atoms with Crippen molar-refractivity contribution in [2.24, 2.45) is 0 Å². The number of hydrogen-bond donors (Lipinski definition) is 3. The second-order valence-electron chi connectivity index (χ2n) is 11.0. The van der Waals surface area contributed by atoms with E-state index in [2.05, 4.69) is 10.3 Å². The Labute approximate surface area is 252 Å². The number of hydrogen-bond acceptors (Lipinski definition) is 8. The van der Waals surface area contributed by atoms with E-state index >= 15 is 0 Å². The number of nitrogens with zero attached hydrogens (tertiary/aromatic N) is 4. The van der Waals surface area contributed by atoms with Crippen LogP contribution in [0.2, 0.25) is 0 Å². The highest BCUT2D eigenvalue weighted by molar-refractivity contribution is 5.98. The number of amides is 1. The summed E-state index contributed by atoms with van der Waals surface area (Å²) in [6.45, 7) is -0.802. The molecular formula is C29H30F6N4O6. The maximum Gasteiger partial charge on any atom is 0.416 e. The Kier molecular flexibility index (Phi) is 9.51. The van der Waals surface area contributed by atoms with Gasteiger partial charge in [0.15, 0.2) is 23.6 Å². The van der Waals surface area contributed by atoms with Crippen molar-refractivity contribution in [1.82, 2.24) is 15.0 Å².